The maximum atomic E-state index is 12.1. The van der Waals surface area contributed by atoms with Gasteiger partial charge in [-0.15, -0.1) is 0 Å². The molecule has 7 heteroatoms. The number of primary sulfonamides is 1. The van der Waals surface area contributed by atoms with Crippen LogP contribution in [0.15, 0.2) is 54.6 Å². The molecular weight excluding hydrogens is 344 g/mol. The van der Waals surface area contributed by atoms with Gasteiger partial charge in [-0.1, -0.05) is 42.5 Å². The van der Waals surface area contributed by atoms with Gasteiger partial charge in [-0.2, -0.15) is 11.8 Å². The van der Waals surface area contributed by atoms with Crippen molar-refractivity contribution >= 4 is 27.7 Å². The Morgan fingerprint density at radius 1 is 1.04 bits per heavy atom. The van der Waals surface area contributed by atoms with E-state index in [4.69, 9.17) is 5.14 Å². The molecule has 2 aromatic carbocycles. The minimum absolute atomic E-state index is 0.216. The largest absolute Gasteiger partial charge is 0.351 e. The summed E-state index contributed by atoms with van der Waals surface area (Å²) >= 11 is 1.74. The summed E-state index contributed by atoms with van der Waals surface area (Å²) in [6, 6.07) is 16.6. The standard InChI is InChI=1S/C17H20N2O3S2/c18-24(21,22)13-15-7-4-8-16(11-15)17(20)19-9-10-23-12-14-5-2-1-3-6-14/h1-8,11H,9-10,12-13H2,(H,19,20)(H2,18,21,22). The van der Waals surface area contributed by atoms with Gasteiger partial charge in [0.05, 0.1) is 5.75 Å². The third-order valence-electron chi connectivity index (χ3n) is 3.20. The van der Waals surface area contributed by atoms with Gasteiger partial charge in [-0.05, 0) is 23.3 Å². The molecule has 0 radical (unpaired) electrons. The van der Waals surface area contributed by atoms with Crippen molar-refractivity contribution in [2.24, 2.45) is 5.14 Å². The first-order valence-corrected chi connectivity index (χ1v) is 10.3. The zero-order valence-corrected chi connectivity index (χ0v) is 14.8. The van der Waals surface area contributed by atoms with Crippen LogP contribution >= 0.6 is 11.8 Å². The van der Waals surface area contributed by atoms with Gasteiger partial charge in [-0.25, -0.2) is 13.6 Å². The molecule has 1 amide bonds. The summed E-state index contributed by atoms with van der Waals surface area (Å²) < 4.78 is 22.2. The fourth-order valence-electron chi connectivity index (χ4n) is 2.14. The van der Waals surface area contributed by atoms with E-state index in [1.54, 1.807) is 36.0 Å². The highest BCUT2D eigenvalue weighted by molar-refractivity contribution is 7.98. The smallest absolute Gasteiger partial charge is 0.251 e. The van der Waals surface area contributed by atoms with Crippen molar-refractivity contribution < 1.29 is 13.2 Å². The number of thioether (sulfide) groups is 1. The Morgan fingerprint density at radius 3 is 2.46 bits per heavy atom. The average Bonchev–Trinajstić information content (AvgIpc) is 2.54. The number of carbonyl (C=O) groups is 1. The van der Waals surface area contributed by atoms with Crippen molar-refractivity contribution in [3.05, 3.63) is 71.3 Å². The molecule has 3 N–H and O–H groups in total. The lowest BCUT2D eigenvalue weighted by molar-refractivity contribution is 0.0956. The molecule has 0 saturated carbocycles. The third-order valence-corrected chi connectivity index (χ3v) is 4.97. The van der Waals surface area contributed by atoms with Gasteiger partial charge in [-0.3, -0.25) is 4.79 Å². The zero-order valence-electron chi connectivity index (χ0n) is 13.1. The van der Waals surface area contributed by atoms with Gasteiger partial charge in [0, 0.05) is 23.6 Å². The van der Waals surface area contributed by atoms with E-state index in [9.17, 15) is 13.2 Å². The average molecular weight is 364 g/mol. The molecule has 0 aliphatic rings. The Kier molecular flexibility index (Phi) is 6.84. The van der Waals surface area contributed by atoms with Crippen LogP contribution in [-0.4, -0.2) is 26.6 Å². The van der Waals surface area contributed by atoms with Crippen molar-refractivity contribution in [3.8, 4) is 0 Å². The molecule has 0 aliphatic heterocycles. The number of benzene rings is 2. The lowest BCUT2D eigenvalue weighted by Crippen LogP contribution is -2.26. The highest BCUT2D eigenvalue weighted by Gasteiger charge is 2.09. The number of hydrogen-bond acceptors (Lipinski definition) is 4. The van der Waals surface area contributed by atoms with Gasteiger partial charge >= 0.3 is 0 Å². The molecule has 5 nitrogen and oxygen atoms in total. The van der Waals surface area contributed by atoms with Crippen LogP contribution in [0.1, 0.15) is 21.5 Å². The van der Waals surface area contributed by atoms with Gasteiger partial charge in [0.25, 0.3) is 5.91 Å². The molecule has 2 aromatic rings. The maximum absolute atomic E-state index is 12.1. The zero-order chi connectivity index (χ0) is 17.4. The van der Waals surface area contributed by atoms with Crippen molar-refractivity contribution in [3.63, 3.8) is 0 Å². The van der Waals surface area contributed by atoms with Gasteiger partial charge in [0.1, 0.15) is 0 Å². The predicted octanol–water partition coefficient (Wildman–Crippen LogP) is 2.14. The lowest BCUT2D eigenvalue weighted by Gasteiger charge is -2.07. The summed E-state index contributed by atoms with van der Waals surface area (Å²) in [4.78, 5) is 12.1. The van der Waals surface area contributed by atoms with E-state index in [0.717, 1.165) is 11.5 Å². The van der Waals surface area contributed by atoms with Crippen LogP contribution in [0.3, 0.4) is 0 Å². The minimum Gasteiger partial charge on any atom is -0.351 e. The second-order valence-corrected chi connectivity index (χ2v) is 8.02. The van der Waals surface area contributed by atoms with Gasteiger partial charge in [0.15, 0.2) is 0 Å². The third kappa shape index (κ3) is 6.74. The molecule has 0 saturated heterocycles. The van der Waals surface area contributed by atoms with E-state index in [1.807, 2.05) is 18.2 Å². The Bertz CT molecular complexity index is 777. The summed E-state index contributed by atoms with van der Waals surface area (Å²) in [5.41, 5.74) is 2.19. The first kappa shape index (κ1) is 18.5. The number of hydrogen-bond donors (Lipinski definition) is 2. The van der Waals surface area contributed by atoms with Crippen LogP contribution < -0.4 is 10.5 Å². The van der Waals surface area contributed by atoms with Gasteiger partial charge in [0.2, 0.25) is 10.0 Å². The quantitative estimate of drug-likeness (QED) is 0.702. The minimum atomic E-state index is -3.61. The van der Waals surface area contributed by atoms with E-state index in [1.165, 1.54) is 5.56 Å². The Balaban J connectivity index is 1.77. The summed E-state index contributed by atoms with van der Waals surface area (Å²) in [5, 5.41) is 7.86. The highest BCUT2D eigenvalue weighted by atomic mass is 32.2. The van der Waals surface area contributed by atoms with Crippen LogP contribution in [-0.2, 0) is 21.5 Å². The number of rotatable bonds is 8. The predicted molar refractivity (Wildman–Crippen MR) is 98.2 cm³/mol. The molecule has 0 bridgehead atoms. The highest BCUT2D eigenvalue weighted by Crippen LogP contribution is 2.11. The van der Waals surface area contributed by atoms with Crippen molar-refractivity contribution in [2.45, 2.75) is 11.5 Å². The molecule has 0 atom stereocenters. The SMILES string of the molecule is NS(=O)(=O)Cc1cccc(C(=O)NCCSCc2ccccc2)c1. The van der Waals surface area contributed by atoms with Crippen LogP contribution in [0.25, 0.3) is 0 Å². The van der Waals surface area contributed by atoms with E-state index < -0.39 is 10.0 Å². The number of nitrogens with two attached hydrogens (primary N) is 1. The summed E-state index contributed by atoms with van der Waals surface area (Å²) in [6.07, 6.45) is 0. The molecular formula is C17H20N2O3S2. The van der Waals surface area contributed by atoms with Crippen molar-refractivity contribution in [1.82, 2.24) is 5.32 Å². The lowest BCUT2D eigenvalue weighted by atomic mass is 10.1. The molecule has 0 aromatic heterocycles. The van der Waals surface area contributed by atoms with E-state index in [0.29, 0.717) is 17.7 Å². The first-order valence-electron chi connectivity index (χ1n) is 7.43. The van der Waals surface area contributed by atoms with Crippen LogP contribution in [0, 0.1) is 0 Å². The Morgan fingerprint density at radius 2 is 1.75 bits per heavy atom. The molecule has 0 aliphatic carbocycles. The summed E-state index contributed by atoms with van der Waals surface area (Å²) in [7, 11) is -3.61. The van der Waals surface area contributed by atoms with Crippen LogP contribution in [0.2, 0.25) is 0 Å². The normalized spacial score (nSPS) is 11.2. The summed E-state index contributed by atoms with van der Waals surface area (Å²) in [6.45, 7) is 0.551. The molecule has 0 fully saturated rings. The maximum Gasteiger partial charge on any atom is 0.251 e. The van der Waals surface area contributed by atoms with Crippen molar-refractivity contribution in [1.29, 1.82) is 0 Å². The van der Waals surface area contributed by atoms with Crippen LogP contribution in [0.5, 0.6) is 0 Å². The molecule has 24 heavy (non-hydrogen) atoms. The molecule has 128 valence electrons. The fraction of sp³-hybridized carbons (Fsp3) is 0.235. The van der Waals surface area contributed by atoms with Gasteiger partial charge < -0.3 is 5.32 Å². The number of sulfonamides is 1. The monoisotopic (exact) mass is 364 g/mol. The second kappa shape index (κ2) is 8.86. The first-order chi connectivity index (χ1) is 11.4. The fourth-order valence-corrected chi connectivity index (χ4v) is 3.60. The summed E-state index contributed by atoms with van der Waals surface area (Å²) in [5.74, 6) is 1.21. The molecule has 0 unspecified atom stereocenters. The van der Waals surface area contributed by atoms with Crippen molar-refractivity contribution in [2.75, 3.05) is 12.3 Å². The molecule has 2 rings (SSSR count). The van der Waals surface area contributed by atoms with E-state index in [2.05, 4.69) is 17.4 Å². The van der Waals surface area contributed by atoms with Crippen LogP contribution in [0.4, 0.5) is 0 Å². The number of carbonyl (C=O) groups excluding carboxylic acids is 1. The van der Waals surface area contributed by atoms with E-state index in [-0.39, 0.29) is 11.7 Å². The molecule has 0 spiro atoms. The number of nitrogens with one attached hydrogen (secondary N) is 1. The topological polar surface area (TPSA) is 89.3 Å². The second-order valence-electron chi connectivity index (χ2n) is 5.30. The van der Waals surface area contributed by atoms with E-state index >= 15 is 0 Å². The molecule has 0 heterocycles. The number of amides is 1. The Labute approximate surface area is 146 Å². The Hall–Kier alpha value is -1.83.